The molecule has 0 saturated carbocycles. The first-order chi connectivity index (χ1) is 9.58. The van der Waals surface area contributed by atoms with Crippen molar-refractivity contribution in [1.82, 2.24) is 4.90 Å². The zero-order valence-corrected chi connectivity index (χ0v) is 13.5. The van der Waals surface area contributed by atoms with E-state index in [1.807, 2.05) is 6.07 Å². The molecule has 108 valence electrons. The van der Waals surface area contributed by atoms with Gasteiger partial charge in [-0.1, -0.05) is 6.92 Å². The zero-order chi connectivity index (χ0) is 14.7. The Balaban J connectivity index is 2.12. The van der Waals surface area contributed by atoms with Gasteiger partial charge in [-0.15, -0.1) is 0 Å². The third kappa shape index (κ3) is 2.97. The highest BCUT2D eigenvalue weighted by atomic mass is 79.9. The van der Waals surface area contributed by atoms with Gasteiger partial charge in [0.2, 0.25) is 0 Å². The van der Waals surface area contributed by atoms with Crippen LogP contribution >= 0.6 is 15.9 Å². The summed E-state index contributed by atoms with van der Waals surface area (Å²) in [5, 5.41) is 8.90. The van der Waals surface area contributed by atoms with Gasteiger partial charge >= 0.3 is 0 Å². The van der Waals surface area contributed by atoms with E-state index in [-0.39, 0.29) is 10.3 Å². The first-order valence-corrected chi connectivity index (χ1v) is 7.74. The van der Waals surface area contributed by atoms with E-state index >= 15 is 0 Å². The number of nitriles is 1. The number of nitrogens with zero attached hydrogens (tertiary/aromatic N) is 3. The van der Waals surface area contributed by atoms with Gasteiger partial charge in [-0.25, -0.2) is 4.39 Å². The summed E-state index contributed by atoms with van der Waals surface area (Å²) in [6, 6.07) is 5.94. The van der Waals surface area contributed by atoms with E-state index in [0.29, 0.717) is 17.3 Å². The summed E-state index contributed by atoms with van der Waals surface area (Å²) in [6.07, 6.45) is 1.14. The fourth-order valence-corrected chi connectivity index (χ4v) is 2.96. The third-order valence-corrected chi connectivity index (χ3v) is 4.83. The Kier molecular flexibility index (Phi) is 5.00. The standard InChI is InChI=1S/C15H19BrFN3/c1-3-11(2)19-6-8-20(9-7-19)13-5-4-12(10-18)14(16)15(13)17/h4-5,11H,3,6-9H2,1-2H3. The molecule has 1 aromatic rings. The van der Waals surface area contributed by atoms with Crippen LogP contribution in [0.4, 0.5) is 10.1 Å². The fourth-order valence-electron chi connectivity index (χ4n) is 2.53. The van der Waals surface area contributed by atoms with Gasteiger partial charge in [0.1, 0.15) is 6.07 Å². The smallest absolute Gasteiger partial charge is 0.161 e. The van der Waals surface area contributed by atoms with Crippen LogP contribution in [-0.2, 0) is 0 Å². The Morgan fingerprint density at radius 1 is 1.35 bits per heavy atom. The number of halogens is 2. The lowest BCUT2D eigenvalue weighted by Crippen LogP contribution is -2.49. The van der Waals surface area contributed by atoms with Gasteiger partial charge in [0.25, 0.3) is 0 Å². The van der Waals surface area contributed by atoms with E-state index in [0.717, 1.165) is 32.6 Å². The van der Waals surface area contributed by atoms with Crippen LogP contribution in [0.3, 0.4) is 0 Å². The topological polar surface area (TPSA) is 30.3 Å². The van der Waals surface area contributed by atoms with Crippen molar-refractivity contribution >= 4 is 21.6 Å². The lowest BCUT2D eigenvalue weighted by atomic mass is 10.1. The van der Waals surface area contributed by atoms with Gasteiger partial charge in [0.05, 0.1) is 15.7 Å². The van der Waals surface area contributed by atoms with Crippen molar-refractivity contribution in [3.63, 3.8) is 0 Å². The number of hydrogen-bond acceptors (Lipinski definition) is 3. The first-order valence-electron chi connectivity index (χ1n) is 6.95. The van der Waals surface area contributed by atoms with Gasteiger partial charge in [-0.05, 0) is 41.4 Å². The van der Waals surface area contributed by atoms with Gasteiger partial charge < -0.3 is 4.90 Å². The molecule has 0 aromatic heterocycles. The Hall–Kier alpha value is -1.12. The van der Waals surface area contributed by atoms with Crippen molar-refractivity contribution in [2.75, 3.05) is 31.1 Å². The van der Waals surface area contributed by atoms with Crippen molar-refractivity contribution in [2.45, 2.75) is 26.3 Å². The van der Waals surface area contributed by atoms with E-state index in [4.69, 9.17) is 5.26 Å². The predicted molar refractivity (Wildman–Crippen MR) is 82.4 cm³/mol. The summed E-state index contributed by atoms with van der Waals surface area (Å²) < 4.78 is 14.6. The molecule has 0 N–H and O–H groups in total. The van der Waals surface area contributed by atoms with Crippen LogP contribution in [0.15, 0.2) is 16.6 Å². The number of piperazine rings is 1. The highest BCUT2D eigenvalue weighted by Crippen LogP contribution is 2.30. The second kappa shape index (κ2) is 6.55. The van der Waals surface area contributed by atoms with Crippen LogP contribution in [-0.4, -0.2) is 37.1 Å². The SMILES string of the molecule is CCC(C)N1CCN(c2ccc(C#N)c(Br)c2F)CC1. The number of benzene rings is 1. The molecule has 1 aromatic carbocycles. The zero-order valence-electron chi connectivity index (χ0n) is 11.9. The minimum atomic E-state index is -0.332. The predicted octanol–water partition coefficient (Wildman–Crippen LogP) is 3.38. The van der Waals surface area contributed by atoms with Crippen LogP contribution in [0.1, 0.15) is 25.8 Å². The van der Waals surface area contributed by atoms with Crippen molar-refractivity contribution < 1.29 is 4.39 Å². The van der Waals surface area contributed by atoms with Gasteiger partial charge in [0.15, 0.2) is 5.82 Å². The van der Waals surface area contributed by atoms with E-state index < -0.39 is 0 Å². The molecule has 0 radical (unpaired) electrons. The maximum Gasteiger partial charge on any atom is 0.161 e. The van der Waals surface area contributed by atoms with Crippen molar-refractivity contribution in [2.24, 2.45) is 0 Å². The molecule has 2 rings (SSSR count). The van der Waals surface area contributed by atoms with E-state index in [1.54, 1.807) is 12.1 Å². The molecular weight excluding hydrogens is 321 g/mol. The van der Waals surface area contributed by atoms with Crippen molar-refractivity contribution in [3.05, 3.63) is 28.0 Å². The molecule has 0 bridgehead atoms. The Morgan fingerprint density at radius 2 is 2.00 bits per heavy atom. The highest BCUT2D eigenvalue weighted by Gasteiger charge is 2.23. The van der Waals surface area contributed by atoms with Crippen LogP contribution in [0.2, 0.25) is 0 Å². The van der Waals surface area contributed by atoms with Crippen LogP contribution < -0.4 is 4.90 Å². The quantitative estimate of drug-likeness (QED) is 0.845. The molecule has 0 aliphatic carbocycles. The second-order valence-electron chi connectivity index (χ2n) is 5.15. The minimum Gasteiger partial charge on any atom is -0.367 e. The molecule has 1 unspecified atom stereocenters. The molecule has 1 heterocycles. The van der Waals surface area contributed by atoms with E-state index in [9.17, 15) is 4.39 Å². The first kappa shape index (κ1) is 15.3. The highest BCUT2D eigenvalue weighted by molar-refractivity contribution is 9.10. The van der Waals surface area contributed by atoms with E-state index in [1.165, 1.54) is 0 Å². The molecule has 1 aliphatic heterocycles. The van der Waals surface area contributed by atoms with Gasteiger partial charge in [-0.3, -0.25) is 4.90 Å². The summed E-state index contributed by atoms with van der Waals surface area (Å²) in [6.45, 7) is 7.96. The second-order valence-corrected chi connectivity index (χ2v) is 5.95. The number of rotatable bonds is 3. The maximum absolute atomic E-state index is 14.3. The largest absolute Gasteiger partial charge is 0.367 e. The molecule has 20 heavy (non-hydrogen) atoms. The molecule has 1 saturated heterocycles. The van der Waals surface area contributed by atoms with Crippen molar-refractivity contribution in [3.8, 4) is 6.07 Å². The summed E-state index contributed by atoms with van der Waals surface area (Å²) >= 11 is 3.17. The monoisotopic (exact) mass is 339 g/mol. The number of anilines is 1. The molecule has 0 spiro atoms. The Morgan fingerprint density at radius 3 is 2.55 bits per heavy atom. The Bertz CT molecular complexity index is 519. The summed E-state index contributed by atoms with van der Waals surface area (Å²) in [5.41, 5.74) is 0.921. The molecule has 1 aliphatic rings. The Labute approximate surface area is 128 Å². The lowest BCUT2D eigenvalue weighted by molar-refractivity contribution is 0.192. The van der Waals surface area contributed by atoms with Crippen LogP contribution in [0.25, 0.3) is 0 Å². The van der Waals surface area contributed by atoms with Crippen LogP contribution in [0, 0.1) is 17.1 Å². The minimum absolute atomic E-state index is 0.266. The molecule has 0 amide bonds. The average molecular weight is 340 g/mol. The lowest BCUT2D eigenvalue weighted by Gasteiger charge is -2.39. The average Bonchev–Trinajstić information content (AvgIpc) is 2.49. The summed E-state index contributed by atoms with van der Waals surface area (Å²) in [7, 11) is 0. The third-order valence-electron chi connectivity index (χ3n) is 4.05. The van der Waals surface area contributed by atoms with E-state index in [2.05, 4.69) is 39.6 Å². The number of hydrogen-bond donors (Lipinski definition) is 0. The molecule has 3 nitrogen and oxygen atoms in total. The van der Waals surface area contributed by atoms with Crippen molar-refractivity contribution in [1.29, 1.82) is 5.26 Å². The maximum atomic E-state index is 14.3. The van der Waals surface area contributed by atoms with Gasteiger partial charge in [0, 0.05) is 32.2 Å². The van der Waals surface area contributed by atoms with Gasteiger partial charge in [-0.2, -0.15) is 5.26 Å². The molecular formula is C15H19BrFN3. The summed E-state index contributed by atoms with van der Waals surface area (Å²) in [4.78, 5) is 4.49. The summed E-state index contributed by atoms with van der Waals surface area (Å²) in [5.74, 6) is -0.332. The molecule has 1 fully saturated rings. The van der Waals surface area contributed by atoms with Crippen LogP contribution in [0.5, 0.6) is 0 Å². The fraction of sp³-hybridized carbons (Fsp3) is 0.533. The molecule has 5 heteroatoms. The molecule has 1 atom stereocenters. The normalized spacial score (nSPS) is 17.9.